The fraction of sp³-hybridized carbons (Fsp3) is 0.214. The number of anilines is 1. The quantitative estimate of drug-likeness (QED) is 0.496. The van der Waals surface area contributed by atoms with Gasteiger partial charge in [-0.1, -0.05) is 24.3 Å². The second-order valence-electron chi connectivity index (χ2n) is 3.75. The average molecular weight is 245 g/mol. The first-order valence-corrected chi connectivity index (χ1v) is 6.60. The number of hydrogen-bond acceptors (Lipinski definition) is 3. The Morgan fingerprint density at radius 2 is 2.12 bits per heavy atom. The number of hydrogen-bond donors (Lipinski definition) is 1. The molecule has 0 aliphatic heterocycles. The van der Waals surface area contributed by atoms with E-state index in [1.165, 1.54) is 15.7 Å². The Hall–Kier alpha value is -1.48. The maximum atomic E-state index is 10.3. The van der Waals surface area contributed by atoms with Crippen molar-refractivity contribution in [1.29, 1.82) is 0 Å². The van der Waals surface area contributed by atoms with Crippen LogP contribution in [0.25, 0.3) is 10.8 Å². The Kier molecular flexibility index (Phi) is 4.04. The summed E-state index contributed by atoms with van der Waals surface area (Å²) in [5, 5.41) is 5.68. The van der Waals surface area contributed by atoms with E-state index in [1.807, 2.05) is 19.2 Å². The molecular formula is C14H15NOS. The second-order valence-corrected chi connectivity index (χ2v) is 4.91. The summed E-state index contributed by atoms with van der Waals surface area (Å²) in [6, 6.07) is 12.6. The third-order valence-corrected chi connectivity index (χ3v) is 3.62. The van der Waals surface area contributed by atoms with Crippen molar-refractivity contribution in [3.05, 3.63) is 36.4 Å². The van der Waals surface area contributed by atoms with Crippen LogP contribution in [0.2, 0.25) is 0 Å². The average Bonchev–Trinajstić information content (AvgIpc) is 2.38. The van der Waals surface area contributed by atoms with E-state index in [2.05, 4.69) is 29.6 Å². The summed E-state index contributed by atoms with van der Waals surface area (Å²) in [5.41, 5.74) is 1.14. The summed E-state index contributed by atoms with van der Waals surface area (Å²) in [6.07, 6.45) is 1.57. The van der Waals surface area contributed by atoms with E-state index in [-0.39, 0.29) is 0 Å². The standard InChI is InChI=1S/C14H15NOS/c1-15-14-10-12(17-8-4-7-16)9-11-5-2-3-6-13(11)14/h2-3,5-7,9-10,15H,4,8H2,1H3. The van der Waals surface area contributed by atoms with Gasteiger partial charge in [0, 0.05) is 35.2 Å². The van der Waals surface area contributed by atoms with Crippen LogP contribution in [0.15, 0.2) is 41.3 Å². The molecule has 0 aliphatic rings. The van der Waals surface area contributed by atoms with Gasteiger partial charge in [0.15, 0.2) is 0 Å². The zero-order valence-electron chi connectivity index (χ0n) is 9.77. The van der Waals surface area contributed by atoms with E-state index in [4.69, 9.17) is 0 Å². The number of thioether (sulfide) groups is 1. The minimum Gasteiger partial charge on any atom is -0.388 e. The molecule has 88 valence electrons. The zero-order valence-corrected chi connectivity index (χ0v) is 10.6. The van der Waals surface area contributed by atoms with Crippen LogP contribution >= 0.6 is 11.8 Å². The van der Waals surface area contributed by atoms with E-state index >= 15 is 0 Å². The molecule has 2 nitrogen and oxygen atoms in total. The monoisotopic (exact) mass is 245 g/mol. The molecule has 0 radical (unpaired) electrons. The SMILES string of the molecule is CNc1cc(SCCC=O)cc2ccccc12. The van der Waals surface area contributed by atoms with Gasteiger partial charge in [-0.25, -0.2) is 0 Å². The molecule has 0 spiro atoms. The molecule has 0 unspecified atom stereocenters. The number of carbonyl (C=O) groups is 1. The van der Waals surface area contributed by atoms with Crippen molar-refractivity contribution >= 4 is 34.5 Å². The van der Waals surface area contributed by atoms with Crippen molar-refractivity contribution in [2.45, 2.75) is 11.3 Å². The summed E-state index contributed by atoms with van der Waals surface area (Å²) in [4.78, 5) is 11.5. The van der Waals surface area contributed by atoms with Crippen LogP contribution in [0.4, 0.5) is 5.69 Å². The Morgan fingerprint density at radius 3 is 2.88 bits per heavy atom. The van der Waals surface area contributed by atoms with Crippen molar-refractivity contribution < 1.29 is 4.79 Å². The first-order chi connectivity index (χ1) is 8.35. The number of aldehydes is 1. The first-order valence-electron chi connectivity index (χ1n) is 5.62. The Balaban J connectivity index is 2.34. The molecule has 2 aromatic rings. The van der Waals surface area contributed by atoms with Gasteiger partial charge in [-0.15, -0.1) is 11.8 Å². The molecule has 0 bridgehead atoms. The van der Waals surface area contributed by atoms with Crippen molar-refractivity contribution in [2.24, 2.45) is 0 Å². The fourth-order valence-corrected chi connectivity index (χ4v) is 2.66. The van der Waals surface area contributed by atoms with E-state index in [1.54, 1.807) is 11.8 Å². The van der Waals surface area contributed by atoms with Crippen molar-refractivity contribution in [3.8, 4) is 0 Å². The van der Waals surface area contributed by atoms with Gasteiger partial charge >= 0.3 is 0 Å². The minimum absolute atomic E-state index is 0.604. The lowest BCUT2D eigenvalue weighted by Gasteiger charge is -2.09. The lowest BCUT2D eigenvalue weighted by molar-refractivity contribution is -0.107. The predicted octanol–water partition coefficient (Wildman–Crippen LogP) is 3.56. The van der Waals surface area contributed by atoms with Gasteiger partial charge in [-0.2, -0.15) is 0 Å². The number of rotatable bonds is 5. The Morgan fingerprint density at radius 1 is 1.29 bits per heavy atom. The maximum absolute atomic E-state index is 10.3. The molecule has 17 heavy (non-hydrogen) atoms. The molecule has 0 aromatic heterocycles. The van der Waals surface area contributed by atoms with Crippen LogP contribution in [-0.4, -0.2) is 19.1 Å². The van der Waals surface area contributed by atoms with Crippen LogP contribution in [-0.2, 0) is 4.79 Å². The molecule has 0 atom stereocenters. The summed E-state index contributed by atoms with van der Waals surface area (Å²) < 4.78 is 0. The Labute approximate surface area is 105 Å². The molecule has 3 heteroatoms. The number of carbonyl (C=O) groups excluding carboxylic acids is 1. The molecule has 2 aromatic carbocycles. The molecular weight excluding hydrogens is 230 g/mol. The third kappa shape index (κ3) is 2.80. The number of benzene rings is 2. The highest BCUT2D eigenvalue weighted by Gasteiger charge is 2.02. The van der Waals surface area contributed by atoms with E-state index < -0.39 is 0 Å². The van der Waals surface area contributed by atoms with Crippen LogP contribution in [0.5, 0.6) is 0 Å². The lowest BCUT2D eigenvalue weighted by atomic mass is 10.1. The van der Waals surface area contributed by atoms with Crippen LogP contribution in [0, 0.1) is 0 Å². The second kappa shape index (κ2) is 5.73. The van der Waals surface area contributed by atoms with Gasteiger partial charge in [-0.3, -0.25) is 0 Å². The van der Waals surface area contributed by atoms with E-state index in [0.717, 1.165) is 17.7 Å². The minimum atomic E-state index is 0.604. The van der Waals surface area contributed by atoms with Gasteiger partial charge < -0.3 is 10.1 Å². The normalized spacial score (nSPS) is 10.4. The molecule has 2 rings (SSSR count). The predicted molar refractivity (Wildman–Crippen MR) is 74.9 cm³/mol. The van der Waals surface area contributed by atoms with Crippen LogP contribution < -0.4 is 5.32 Å². The lowest BCUT2D eigenvalue weighted by Crippen LogP contribution is -1.90. The summed E-state index contributed by atoms with van der Waals surface area (Å²) >= 11 is 1.72. The summed E-state index contributed by atoms with van der Waals surface area (Å²) in [5.74, 6) is 0.838. The van der Waals surface area contributed by atoms with Crippen molar-refractivity contribution in [1.82, 2.24) is 0 Å². The summed E-state index contributed by atoms with van der Waals surface area (Å²) in [7, 11) is 1.93. The Bertz CT molecular complexity index is 525. The molecule has 0 amide bonds. The molecule has 0 heterocycles. The topological polar surface area (TPSA) is 29.1 Å². The first kappa shape index (κ1) is 12.0. The van der Waals surface area contributed by atoms with Gasteiger partial charge in [0.05, 0.1) is 0 Å². The van der Waals surface area contributed by atoms with E-state index in [0.29, 0.717) is 6.42 Å². The van der Waals surface area contributed by atoms with E-state index in [9.17, 15) is 4.79 Å². The highest BCUT2D eigenvalue weighted by Crippen LogP contribution is 2.30. The van der Waals surface area contributed by atoms with Gasteiger partial charge in [-0.05, 0) is 17.5 Å². The zero-order chi connectivity index (χ0) is 12.1. The van der Waals surface area contributed by atoms with Crippen LogP contribution in [0.3, 0.4) is 0 Å². The number of nitrogens with one attached hydrogen (secondary N) is 1. The summed E-state index contributed by atoms with van der Waals surface area (Å²) in [6.45, 7) is 0. The fourth-order valence-electron chi connectivity index (χ4n) is 1.80. The van der Waals surface area contributed by atoms with Gasteiger partial charge in [0.25, 0.3) is 0 Å². The van der Waals surface area contributed by atoms with Gasteiger partial charge in [0.2, 0.25) is 0 Å². The smallest absolute Gasteiger partial charge is 0.120 e. The molecule has 0 saturated heterocycles. The molecule has 0 saturated carbocycles. The maximum Gasteiger partial charge on any atom is 0.120 e. The highest BCUT2D eigenvalue weighted by atomic mass is 32.2. The van der Waals surface area contributed by atoms with Crippen molar-refractivity contribution in [2.75, 3.05) is 18.1 Å². The third-order valence-electron chi connectivity index (χ3n) is 2.61. The molecule has 0 aliphatic carbocycles. The van der Waals surface area contributed by atoms with Crippen LogP contribution in [0.1, 0.15) is 6.42 Å². The van der Waals surface area contributed by atoms with Gasteiger partial charge in [0.1, 0.15) is 6.29 Å². The largest absolute Gasteiger partial charge is 0.388 e. The molecule has 1 N–H and O–H groups in total. The molecule has 0 fully saturated rings. The highest BCUT2D eigenvalue weighted by molar-refractivity contribution is 7.99. The number of fused-ring (bicyclic) bond motifs is 1. The van der Waals surface area contributed by atoms with Crippen molar-refractivity contribution in [3.63, 3.8) is 0 Å².